The second-order valence-corrected chi connectivity index (χ2v) is 7.60. The van der Waals surface area contributed by atoms with E-state index in [1.54, 1.807) is 0 Å². The van der Waals surface area contributed by atoms with Crippen LogP contribution in [0.3, 0.4) is 0 Å². The molecule has 0 fully saturated rings. The van der Waals surface area contributed by atoms with Gasteiger partial charge in [-0.1, -0.05) is 36.8 Å². The Bertz CT molecular complexity index is 452. The zero-order valence-electron chi connectivity index (χ0n) is 14.2. The molecule has 1 aromatic rings. The van der Waals surface area contributed by atoms with Gasteiger partial charge in [0.15, 0.2) is 5.96 Å². The fourth-order valence-electron chi connectivity index (χ4n) is 1.85. The molecule has 2 N–H and O–H groups in total. The van der Waals surface area contributed by atoms with Crippen LogP contribution >= 0.6 is 11.8 Å². The Morgan fingerprint density at radius 1 is 1.24 bits per heavy atom. The molecule has 0 aliphatic heterocycles. The number of rotatable bonds is 6. The van der Waals surface area contributed by atoms with Crippen molar-refractivity contribution in [1.82, 2.24) is 10.6 Å². The fourth-order valence-corrected chi connectivity index (χ4v) is 2.07. The van der Waals surface area contributed by atoms with Gasteiger partial charge in [-0.25, -0.2) is 0 Å². The predicted octanol–water partition coefficient (Wildman–Crippen LogP) is 3.41. The first-order valence-corrected chi connectivity index (χ1v) is 8.66. The van der Waals surface area contributed by atoms with Crippen molar-refractivity contribution in [3.8, 4) is 0 Å². The summed E-state index contributed by atoms with van der Waals surface area (Å²) >= 11 is 1.86. The van der Waals surface area contributed by atoms with Gasteiger partial charge in [-0.2, -0.15) is 11.8 Å². The number of thioether (sulfide) groups is 1. The molecule has 1 atom stereocenters. The van der Waals surface area contributed by atoms with Crippen LogP contribution in [0.25, 0.3) is 0 Å². The molecule has 0 saturated carbocycles. The van der Waals surface area contributed by atoms with Gasteiger partial charge in [0, 0.05) is 24.9 Å². The summed E-state index contributed by atoms with van der Waals surface area (Å²) in [4.78, 5) is 4.29. The van der Waals surface area contributed by atoms with Gasteiger partial charge in [0.05, 0.1) is 0 Å². The zero-order valence-corrected chi connectivity index (χ0v) is 15.0. The van der Waals surface area contributed by atoms with Gasteiger partial charge < -0.3 is 10.6 Å². The van der Waals surface area contributed by atoms with Crippen molar-refractivity contribution in [2.24, 2.45) is 4.99 Å². The molecule has 0 bridgehead atoms. The van der Waals surface area contributed by atoms with Crippen LogP contribution in [0, 0.1) is 6.92 Å². The molecule has 0 amide bonds. The molecule has 0 heterocycles. The van der Waals surface area contributed by atoms with Crippen molar-refractivity contribution in [1.29, 1.82) is 0 Å². The van der Waals surface area contributed by atoms with E-state index >= 15 is 0 Å². The van der Waals surface area contributed by atoms with Crippen LogP contribution < -0.4 is 10.6 Å². The molecule has 4 heteroatoms. The van der Waals surface area contributed by atoms with Gasteiger partial charge in [-0.05, 0) is 38.5 Å². The highest BCUT2D eigenvalue weighted by molar-refractivity contribution is 7.99. The second kappa shape index (κ2) is 8.32. The van der Waals surface area contributed by atoms with Gasteiger partial charge in [-0.3, -0.25) is 4.99 Å². The van der Waals surface area contributed by atoms with E-state index in [2.05, 4.69) is 73.8 Å². The Morgan fingerprint density at radius 3 is 2.38 bits per heavy atom. The number of hydrogen-bond acceptors (Lipinski definition) is 2. The summed E-state index contributed by atoms with van der Waals surface area (Å²) in [5.41, 5.74) is 2.66. The largest absolute Gasteiger partial charge is 0.356 e. The number of benzene rings is 1. The first-order valence-electron chi connectivity index (χ1n) is 7.44. The topological polar surface area (TPSA) is 36.4 Å². The first-order chi connectivity index (χ1) is 9.88. The summed E-state index contributed by atoms with van der Waals surface area (Å²) in [6, 6.07) is 8.74. The highest BCUT2D eigenvalue weighted by Crippen LogP contribution is 2.19. The van der Waals surface area contributed by atoms with E-state index < -0.39 is 0 Å². The quantitative estimate of drug-likeness (QED) is 0.624. The predicted molar refractivity (Wildman–Crippen MR) is 96.6 cm³/mol. The third-order valence-corrected chi connectivity index (χ3v) is 4.93. The normalized spacial score (nSPS) is 13.9. The number of aliphatic imine (C=N–C) groups is 1. The van der Waals surface area contributed by atoms with Crippen LogP contribution in [0.1, 0.15) is 37.8 Å². The molecule has 0 aromatic heterocycles. The molecule has 1 unspecified atom stereocenters. The van der Waals surface area contributed by atoms with Gasteiger partial charge in [-0.15, -0.1) is 0 Å². The van der Waals surface area contributed by atoms with Crippen LogP contribution in [0.2, 0.25) is 0 Å². The number of aryl methyl sites for hydroxylation is 1. The van der Waals surface area contributed by atoms with Gasteiger partial charge in [0.1, 0.15) is 0 Å². The number of nitrogens with one attached hydrogen (secondary N) is 2. The summed E-state index contributed by atoms with van der Waals surface area (Å²) in [7, 11) is 1.82. The van der Waals surface area contributed by atoms with Gasteiger partial charge in [0.25, 0.3) is 0 Å². The maximum absolute atomic E-state index is 4.29. The van der Waals surface area contributed by atoms with E-state index in [0.29, 0.717) is 5.92 Å². The summed E-state index contributed by atoms with van der Waals surface area (Å²) in [6.45, 7) is 10.6. The standard InChI is InChI=1S/C17H29N3S/c1-13-7-9-15(10-8-13)14(2)11-19-16(18-5)20-12-17(3,4)21-6/h7-10,14H,11-12H2,1-6H3,(H2,18,19,20). The van der Waals surface area contributed by atoms with Crippen molar-refractivity contribution >= 4 is 17.7 Å². The SMILES string of the molecule is CN=C(NCC(C)c1ccc(C)cc1)NCC(C)(C)SC. The van der Waals surface area contributed by atoms with Crippen molar-refractivity contribution in [2.45, 2.75) is 38.4 Å². The van der Waals surface area contributed by atoms with E-state index in [1.807, 2.05) is 18.8 Å². The van der Waals surface area contributed by atoms with E-state index in [9.17, 15) is 0 Å². The van der Waals surface area contributed by atoms with E-state index in [4.69, 9.17) is 0 Å². The molecule has 21 heavy (non-hydrogen) atoms. The highest BCUT2D eigenvalue weighted by atomic mass is 32.2. The Hall–Kier alpha value is -1.16. The minimum atomic E-state index is 0.209. The average Bonchev–Trinajstić information content (AvgIpc) is 2.48. The average molecular weight is 308 g/mol. The second-order valence-electron chi connectivity index (χ2n) is 6.08. The molecule has 3 nitrogen and oxygen atoms in total. The monoisotopic (exact) mass is 307 g/mol. The minimum absolute atomic E-state index is 0.209. The molecular weight excluding hydrogens is 278 g/mol. The third kappa shape index (κ3) is 6.42. The maximum atomic E-state index is 4.29. The fraction of sp³-hybridized carbons (Fsp3) is 0.588. The molecule has 0 radical (unpaired) electrons. The van der Waals surface area contributed by atoms with E-state index in [1.165, 1.54) is 11.1 Å². The summed E-state index contributed by atoms with van der Waals surface area (Å²) in [5, 5.41) is 6.80. The van der Waals surface area contributed by atoms with Crippen LogP contribution in [0.15, 0.2) is 29.3 Å². The maximum Gasteiger partial charge on any atom is 0.191 e. The van der Waals surface area contributed by atoms with Crippen molar-refractivity contribution in [3.05, 3.63) is 35.4 Å². The third-order valence-electron chi connectivity index (χ3n) is 3.68. The van der Waals surface area contributed by atoms with Crippen LogP contribution in [-0.2, 0) is 0 Å². The molecule has 0 aliphatic rings. The molecular formula is C17H29N3S. The number of hydrogen-bond donors (Lipinski definition) is 2. The summed E-state index contributed by atoms with van der Waals surface area (Å²) < 4.78 is 0.209. The summed E-state index contributed by atoms with van der Waals surface area (Å²) in [5.74, 6) is 1.33. The molecule has 1 rings (SSSR count). The Balaban J connectivity index is 2.46. The lowest BCUT2D eigenvalue weighted by Crippen LogP contribution is -2.44. The van der Waals surface area contributed by atoms with E-state index in [0.717, 1.165) is 19.0 Å². The Labute approximate surface area is 134 Å². The van der Waals surface area contributed by atoms with Gasteiger partial charge >= 0.3 is 0 Å². The smallest absolute Gasteiger partial charge is 0.191 e. The number of nitrogens with zero attached hydrogens (tertiary/aromatic N) is 1. The molecule has 118 valence electrons. The first kappa shape index (κ1) is 17.9. The minimum Gasteiger partial charge on any atom is -0.356 e. The molecule has 0 spiro atoms. The van der Waals surface area contributed by atoms with Crippen LogP contribution in [0.5, 0.6) is 0 Å². The highest BCUT2D eigenvalue weighted by Gasteiger charge is 2.16. The zero-order chi connectivity index (χ0) is 15.9. The Morgan fingerprint density at radius 2 is 1.86 bits per heavy atom. The lowest BCUT2D eigenvalue weighted by Gasteiger charge is -2.24. The summed E-state index contributed by atoms with van der Waals surface area (Å²) in [6.07, 6.45) is 2.14. The molecule has 0 aliphatic carbocycles. The molecule has 1 aromatic carbocycles. The Kier molecular flexibility index (Phi) is 7.09. The van der Waals surface area contributed by atoms with Crippen molar-refractivity contribution in [3.63, 3.8) is 0 Å². The molecule has 0 saturated heterocycles. The van der Waals surface area contributed by atoms with Crippen LogP contribution in [-0.4, -0.2) is 37.1 Å². The number of guanidine groups is 1. The van der Waals surface area contributed by atoms with Crippen molar-refractivity contribution in [2.75, 3.05) is 26.4 Å². The van der Waals surface area contributed by atoms with Crippen molar-refractivity contribution < 1.29 is 0 Å². The van der Waals surface area contributed by atoms with E-state index in [-0.39, 0.29) is 4.75 Å². The lowest BCUT2D eigenvalue weighted by molar-refractivity contribution is 0.650. The van der Waals surface area contributed by atoms with Crippen LogP contribution in [0.4, 0.5) is 0 Å². The van der Waals surface area contributed by atoms with Gasteiger partial charge in [0.2, 0.25) is 0 Å². The lowest BCUT2D eigenvalue weighted by atomic mass is 10.0.